The molecule has 1 atom stereocenters. The topological polar surface area (TPSA) is 88.1 Å². The molecule has 9 heteroatoms. The summed E-state index contributed by atoms with van der Waals surface area (Å²) in [5.41, 5.74) is 2.66. The van der Waals surface area contributed by atoms with Gasteiger partial charge >= 0.3 is 0 Å². The molecule has 2 saturated heterocycles. The predicted molar refractivity (Wildman–Crippen MR) is 129 cm³/mol. The van der Waals surface area contributed by atoms with Crippen molar-refractivity contribution >= 4 is 23.3 Å². The van der Waals surface area contributed by atoms with Gasteiger partial charge in [0.1, 0.15) is 12.1 Å². The minimum Gasteiger partial charge on any atom is -0.454 e. The van der Waals surface area contributed by atoms with Gasteiger partial charge in [-0.1, -0.05) is 30.3 Å². The van der Waals surface area contributed by atoms with Crippen LogP contribution in [0.1, 0.15) is 6.42 Å². The van der Waals surface area contributed by atoms with Crippen molar-refractivity contribution < 1.29 is 19.1 Å². The van der Waals surface area contributed by atoms with Gasteiger partial charge in [0.2, 0.25) is 18.6 Å². The van der Waals surface area contributed by atoms with Gasteiger partial charge in [0.05, 0.1) is 11.6 Å². The highest BCUT2D eigenvalue weighted by molar-refractivity contribution is 6.00. The van der Waals surface area contributed by atoms with Crippen molar-refractivity contribution in [1.82, 2.24) is 14.9 Å². The molecule has 0 N–H and O–H groups in total. The summed E-state index contributed by atoms with van der Waals surface area (Å²) in [7, 11) is 0. The number of hydrogen-bond acceptors (Lipinski definition) is 7. The fourth-order valence-electron chi connectivity index (χ4n) is 4.88. The molecule has 0 bridgehead atoms. The monoisotopic (exact) mass is 471 g/mol. The van der Waals surface area contributed by atoms with E-state index < -0.39 is 0 Å². The normalized spacial score (nSPS) is 19.4. The minimum absolute atomic E-state index is 0.0360. The van der Waals surface area contributed by atoms with E-state index in [-0.39, 0.29) is 30.9 Å². The van der Waals surface area contributed by atoms with Crippen LogP contribution in [-0.4, -0.2) is 66.2 Å². The highest BCUT2D eigenvalue weighted by Crippen LogP contribution is 2.37. The molecule has 2 fully saturated rings. The van der Waals surface area contributed by atoms with Crippen LogP contribution in [0.4, 0.5) is 11.5 Å². The Bertz CT molecular complexity index is 1260. The lowest BCUT2D eigenvalue weighted by atomic mass is 10.1. The van der Waals surface area contributed by atoms with Gasteiger partial charge in [0.25, 0.3) is 0 Å². The number of piperazine rings is 1. The van der Waals surface area contributed by atoms with Gasteiger partial charge < -0.3 is 24.2 Å². The Morgan fingerprint density at radius 2 is 1.71 bits per heavy atom. The first-order valence-corrected chi connectivity index (χ1v) is 11.8. The maximum Gasteiger partial charge on any atom is 0.231 e. The summed E-state index contributed by atoms with van der Waals surface area (Å²) in [6.07, 6.45) is 1.81. The van der Waals surface area contributed by atoms with Crippen LogP contribution in [0, 0.1) is 5.92 Å². The molecule has 178 valence electrons. The molecule has 3 aliphatic heterocycles. The molecule has 0 aliphatic carbocycles. The fourth-order valence-corrected chi connectivity index (χ4v) is 4.88. The molecule has 0 saturated carbocycles. The van der Waals surface area contributed by atoms with Crippen LogP contribution in [0.5, 0.6) is 11.5 Å². The van der Waals surface area contributed by atoms with Crippen LogP contribution in [0.15, 0.2) is 60.9 Å². The Morgan fingerprint density at radius 3 is 2.54 bits per heavy atom. The van der Waals surface area contributed by atoms with E-state index in [1.807, 2.05) is 47.4 Å². The van der Waals surface area contributed by atoms with Gasteiger partial charge in [-0.05, 0) is 12.1 Å². The third-order valence-corrected chi connectivity index (χ3v) is 6.78. The van der Waals surface area contributed by atoms with E-state index in [1.54, 1.807) is 23.4 Å². The van der Waals surface area contributed by atoms with E-state index in [0.29, 0.717) is 44.2 Å². The second-order valence-corrected chi connectivity index (χ2v) is 8.88. The van der Waals surface area contributed by atoms with Crippen molar-refractivity contribution in [2.75, 3.05) is 49.3 Å². The first kappa shape index (κ1) is 21.4. The molecule has 6 rings (SSSR count). The average molecular weight is 472 g/mol. The summed E-state index contributed by atoms with van der Waals surface area (Å²) in [6.45, 7) is 3.12. The molecule has 1 unspecified atom stereocenters. The van der Waals surface area contributed by atoms with E-state index >= 15 is 0 Å². The van der Waals surface area contributed by atoms with Crippen LogP contribution >= 0.6 is 0 Å². The first-order chi connectivity index (χ1) is 17.2. The molecule has 2 amide bonds. The lowest BCUT2D eigenvalue weighted by Gasteiger charge is -2.36. The molecule has 4 heterocycles. The van der Waals surface area contributed by atoms with Crippen molar-refractivity contribution in [2.24, 2.45) is 5.92 Å². The number of anilines is 2. The second-order valence-electron chi connectivity index (χ2n) is 8.88. The number of nitrogens with zero attached hydrogens (tertiary/aromatic N) is 5. The highest BCUT2D eigenvalue weighted by atomic mass is 16.7. The van der Waals surface area contributed by atoms with Crippen LogP contribution in [0.3, 0.4) is 0 Å². The molecule has 3 aliphatic rings. The largest absolute Gasteiger partial charge is 0.454 e. The minimum atomic E-state index is -0.344. The van der Waals surface area contributed by atoms with Gasteiger partial charge in [0.15, 0.2) is 11.5 Å². The average Bonchev–Trinajstić information content (AvgIpc) is 3.55. The Kier molecular flexibility index (Phi) is 5.44. The molecule has 1 aromatic heterocycles. The molecular weight excluding hydrogens is 446 g/mol. The third kappa shape index (κ3) is 4.14. The van der Waals surface area contributed by atoms with Crippen molar-refractivity contribution in [3.63, 3.8) is 0 Å². The van der Waals surface area contributed by atoms with Crippen LogP contribution < -0.4 is 19.3 Å². The van der Waals surface area contributed by atoms with Crippen molar-refractivity contribution in [3.05, 3.63) is 60.9 Å². The number of ether oxygens (including phenoxy) is 2. The maximum absolute atomic E-state index is 13.3. The SMILES string of the molecule is O=C(C1CC(=O)N(c2ccc3c(c2)OCO3)C1)N1CCN(c2cc(-c3ccccc3)ncn2)CC1. The van der Waals surface area contributed by atoms with Gasteiger partial charge in [-0.3, -0.25) is 9.59 Å². The van der Waals surface area contributed by atoms with Crippen LogP contribution in [0.25, 0.3) is 11.3 Å². The van der Waals surface area contributed by atoms with Crippen molar-refractivity contribution in [1.29, 1.82) is 0 Å². The lowest BCUT2D eigenvalue weighted by molar-refractivity contribution is -0.136. The number of rotatable bonds is 4. The van der Waals surface area contributed by atoms with E-state index in [9.17, 15) is 9.59 Å². The molecule has 2 aromatic carbocycles. The standard InChI is InChI=1S/C26H25N5O4/c32-25-12-19(15-31(25)20-6-7-22-23(13-20)35-17-34-22)26(33)30-10-8-29(9-11-30)24-14-21(27-16-28-24)18-4-2-1-3-5-18/h1-7,13-14,16,19H,8-12,15,17H2. The number of benzene rings is 2. The summed E-state index contributed by atoms with van der Waals surface area (Å²) >= 11 is 0. The number of carbonyl (C=O) groups is 2. The van der Waals surface area contributed by atoms with Crippen molar-refractivity contribution in [2.45, 2.75) is 6.42 Å². The molecular formula is C26H25N5O4. The van der Waals surface area contributed by atoms with Crippen LogP contribution in [0.2, 0.25) is 0 Å². The maximum atomic E-state index is 13.3. The smallest absolute Gasteiger partial charge is 0.231 e. The fraction of sp³-hybridized carbons (Fsp3) is 0.308. The first-order valence-electron chi connectivity index (χ1n) is 11.8. The van der Waals surface area contributed by atoms with Gasteiger partial charge in [-0.2, -0.15) is 0 Å². The van der Waals surface area contributed by atoms with Crippen molar-refractivity contribution in [3.8, 4) is 22.8 Å². The lowest BCUT2D eigenvalue weighted by Crippen LogP contribution is -2.51. The number of hydrogen-bond donors (Lipinski definition) is 0. The Balaban J connectivity index is 1.08. The summed E-state index contributed by atoms with van der Waals surface area (Å²) in [6, 6.07) is 17.4. The summed E-state index contributed by atoms with van der Waals surface area (Å²) in [4.78, 5) is 40.6. The van der Waals surface area contributed by atoms with E-state index in [4.69, 9.17) is 9.47 Å². The predicted octanol–water partition coefficient (Wildman–Crippen LogP) is 2.57. The number of aromatic nitrogens is 2. The van der Waals surface area contributed by atoms with Gasteiger partial charge in [0, 0.05) is 62.5 Å². The summed E-state index contributed by atoms with van der Waals surface area (Å²) in [5, 5.41) is 0. The number of amides is 2. The molecule has 9 nitrogen and oxygen atoms in total. The zero-order valence-corrected chi connectivity index (χ0v) is 19.2. The zero-order chi connectivity index (χ0) is 23.8. The van der Waals surface area contributed by atoms with E-state index in [2.05, 4.69) is 14.9 Å². The summed E-state index contributed by atoms with van der Waals surface area (Å²) < 4.78 is 10.8. The zero-order valence-electron chi connectivity index (χ0n) is 19.2. The Labute approximate surface area is 202 Å². The number of carbonyl (C=O) groups excluding carboxylic acids is 2. The second kappa shape index (κ2) is 8.90. The molecule has 35 heavy (non-hydrogen) atoms. The summed E-state index contributed by atoms with van der Waals surface area (Å²) in [5.74, 6) is 1.80. The van der Waals surface area contributed by atoms with E-state index in [1.165, 1.54) is 0 Å². The van der Waals surface area contributed by atoms with E-state index in [0.717, 1.165) is 22.8 Å². The number of fused-ring (bicyclic) bond motifs is 1. The molecule has 3 aromatic rings. The van der Waals surface area contributed by atoms with Gasteiger partial charge in [-0.15, -0.1) is 0 Å². The Hall–Kier alpha value is -4.14. The molecule has 0 spiro atoms. The van der Waals surface area contributed by atoms with Crippen LogP contribution in [-0.2, 0) is 9.59 Å². The Morgan fingerprint density at radius 1 is 0.914 bits per heavy atom. The molecule has 0 radical (unpaired) electrons. The third-order valence-electron chi connectivity index (χ3n) is 6.78. The highest BCUT2D eigenvalue weighted by Gasteiger charge is 2.38. The van der Waals surface area contributed by atoms with Gasteiger partial charge in [-0.25, -0.2) is 9.97 Å². The quantitative estimate of drug-likeness (QED) is 0.578.